The molecule has 8 heteroatoms. The topological polar surface area (TPSA) is 62.1 Å². The molecule has 0 saturated heterocycles. The van der Waals surface area contributed by atoms with E-state index in [1.54, 1.807) is 18.2 Å². The zero-order valence-electron chi connectivity index (χ0n) is 7.88. The van der Waals surface area contributed by atoms with Gasteiger partial charge in [0.2, 0.25) is 0 Å². The summed E-state index contributed by atoms with van der Waals surface area (Å²) >= 11 is 21.1. The van der Waals surface area contributed by atoms with Crippen molar-refractivity contribution in [2.24, 2.45) is 5.73 Å². The summed E-state index contributed by atoms with van der Waals surface area (Å²) in [6.45, 7) is 0. The maximum atomic E-state index is 5.83. The molecule has 0 amide bonds. The zero-order valence-corrected chi connectivity index (χ0v) is 11.0. The second-order valence-corrected chi connectivity index (χ2v) is 4.36. The molecule has 1 aromatic carbocycles. The van der Waals surface area contributed by atoms with E-state index in [2.05, 4.69) is 28.4 Å². The number of nitrogens with two attached hydrogens (primary N) is 1. The van der Waals surface area contributed by atoms with E-state index >= 15 is 0 Å². The average molecular weight is 295 g/mol. The fourth-order valence-electron chi connectivity index (χ4n) is 0.855. The summed E-state index contributed by atoms with van der Waals surface area (Å²) < 4.78 is 0. The highest BCUT2D eigenvalue weighted by atomic mass is 35.5. The minimum atomic E-state index is 0.0956. The van der Waals surface area contributed by atoms with Crippen LogP contribution >= 0.6 is 47.6 Å². The van der Waals surface area contributed by atoms with Gasteiger partial charge >= 0.3 is 0 Å². The van der Waals surface area contributed by atoms with Gasteiger partial charge in [-0.25, -0.2) is 0 Å². The fraction of sp³-hybridized carbons (Fsp3) is 0. The van der Waals surface area contributed by atoms with Gasteiger partial charge in [0.25, 0.3) is 0 Å². The predicted molar refractivity (Wildman–Crippen MR) is 75.7 cm³/mol. The second-order valence-electron chi connectivity index (χ2n) is 2.70. The van der Waals surface area contributed by atoms with Crippen LogP contribution in [0.3, 0.4) is 0 Å². The van der Waals surface area contributed by atoms with Crippen molar-refractivity contribution in [3.8, 4) is 0 Å². The number of hydrazine groups is 1. The quantitative estimate of drug-likeness (QED) is 0.470. The molecular weight excluding hydrogens is 287 g/mol. The molecule has 16 heavy (non-hydrogen) atoms. The van der Waals surface area contributed by atoms with Crippen LogP contribution in [0.5, 0.6) is 0 Å². The minimum Gasteiger partial charge on any atom is -0.375 e. The Morgan fingerprint density at radius 1 is 1.12 bits per heavy atom. The van der Waals surface area contributed by atoms with Gasteiger partial charge < -0.3 is 11.1 Å². The minimum absolute atomic E-state index is 0.0956. The third kappa shape index (κ3) is 4.36. The second kappa shape index (κ2) is 6.05. The molecule has 1 aromatic rings. The first-order chi connectivity index (χ1) is 7.49. The van der Waals surface area contributed by atoms with Crippen LogP contribution in [-0.2, 0) is 0 Å². The molecular formula is C8H8Cl2N4S2. The molecule has 0 heterocycles. The molecule has 0 aliphatic carbocycles. The lowest BCUT2D eigenvalue weighted by Gasteiger charge is -2.11. The molecule has 0 bridgehead atoms. The van der Waals surface area contributed by atoms with Crippen LogP contribution in [0.4, 0.5) is 5.69 Å². The Hall–Kier alpha value is -0.820. The van der Waals surface area contributed by atoms with Crippen molar-refractivity contribution in [2.45, 2.75) is 0 Å². The van der Waals surface area contributed by atoms with E-state index in [1.807, 2.05) is 0 Å². The van der Waals surface area contributed by atoms with Crippen molar-refractivity contribution in [3.63, 3.8) is 0 Å². The highest BCUT2D eigenvalue weighted by Crippen LogP contribution is 2.24. The van der Waals surface area contributed by atoms with Crippen LogP contribution in [0.2, 0.25) is 10.0 Å². The predicted octanol–water partition coefficient (Wildman–Crippen LogP) is 2.03. The van der Waals surface area contributed by atoms with Crippen LogP contribution in [0, 0.1) is 0 Å². The standard InChI is InChI=1S/C8H8Cl2N4S2/c9-5-2-1-4(3-6(5)10)12-8(16)14-13-7(11)15/h1-3H,(H3,11,13,15)(H2,12,14,16). The molecule has 0 atom stereocenters. The van der Waals surface area contributed by atoms with E-state index in [0.717, 1.165) is 0 Å². The van der Waals surface area contributed by atoms with Gasteiger partial charge in [-0.05, 0) is 42.6 Å². The number of hydrogen-bond acceptors (Lipinski definition) is 2. The third-order valence-corrected chi connectivity index (χ3v) is 2.52. The molecule has 86 valence electrons. The Balaban J connectivity index is 2.56. The lowest BCUT2D eigenvalue weighted by atomic mass is 10.3. The summed E-state index contributed by atoms with van der Waals surface area (Å²) in [5, 5.41) is 4.19. The summed E-state index contributed by atoms with van der Waals surface area (Å²) in [4.78, 5) is 0. The Labute approximate surface area is 113 Å². The number of hydrogen-bond donors (Lipinski definition) is 4. The Morgan fingerprint density at radius 2 is 1.81 bits per heavy atom. The average Bonchev–Trinajstić information content (AvgIpc) is 2.21. The zero-order chi connectivity index (χ0) is 12.1. The summed E-state index contributed by atoms with van der Waals surface area (Å²) in [7, 11) is 0. The van der Waals surface area contributed by atoms with Gasteiger partial charge in [-0.2, -0.15) is 0 Å². The lowest BCUT2D eigenvalue weighted by molar-refractivity contribution is 0.880. The summed E-state index contributed by atoms with van der Waals surface area (Å²) in [5.41, 5.74) is 11.0. The molecule has 0 saturated carbocycles. The van der Waals surface area contributed by atoms with Crippen LogP contribution in [0.1, 0.15) is 0 Å². The molecule has 1 rings (SSSR count). The van der Waals surface area contributed by atoms with Gasteiger partial charge in [0.05, 0.1) is 10.0 Å². The van der Waals surface area contributed by atoms with Gasteiger partial charge in [-0.3, -0.25) is 10.9 Å². The Morgan fingerprint density at radius 3 is 2.38 bits per heavy atom. The molecule has 0 radical (unpaired) electrons. The van der Waals surface area contributed by atoms with Gasteiger partial charge in [-0.1, -0.05) is 23.2 Å². The Kier molecular flexibility index (Phi) is 5.01. The summed E-state index contributed by atoms with van der Waals surface area (Å²) in [6.07, 6.45) is 0. The summed E-state index contributed by atoms with van der Waals surface area (Å²) in [6, 6.07) is 5.05. The highest BCUT2D eigenvalue weighted by molar-refractivity contribution is 7.80. The summed E-state index contributed by atoms with van der Waals surface area (Å²) in [5.74, 6) is 0. The first-order valence-electron chi connectivity index (χ1n) is 4.06. The van der Waals surface area contributed by atoms with Crippen molar-refractivity contribution in [3.05, 3.63) is 28.2 Å². The first-order valence-corrected chi connectivity index (χ1v) is 5.64. The van der Waals surface area contributed by atoms with E-state index in [-0.39, 0.29) is 5.11 Å². The van der Waals surface area contributed by atoms with Crippen LogP contribution in [-0.4, -0.2) is 10.2 Å². The van der Waals surface area contributed by atoms with E-state index in [9.17, 15) is 0 Å². The number of halogens is 2. The molecule has 0 aliphatic rings. The first kappa shape index (κ1) is 13.2. The van der Waals surface area contributed by atoms with E-state index in [0.29, 0.717) is 20.8 Å². The van der Waals surface area contributed by atoms with Crippen LogP contribution in [0.25, 0.3) is 0 Å². The molecule has 5 N–H and O–H groups in total. The van der Waals surface area contributed by atoms with E-state index in [1.165, 1.54) is 0 Å². The maximum absolute atomic E-state index is 5.83. The monoisotopic (exact) mass is 294 g/mol. The molecule has 0 unspecified atom stereocenters. The Bertz CT molecular complexity index is 424. The molecule has 0 fully saturated rings. The lowest BCUT2D eigenvalue weighted by Crippen LogP contribution is -2.46. The van der Waals surface area contributed by atoms with Gasteiger partial charge in [0.15, 0.2) is 10.2 Å². The van der Waals surface area contributed by atoms with E-state index in [4.69, 9.17) is 41.2 Å². The van der Waals surface area contributed by atoms with Gasteiger partial charge in [-0.15, -0.1) is 0 Å². The van der Waals surface area contributed by atoms with Crippen molar-refractivity contribution in [1.29, 1.82) is 0 Å². The highest BCUT2D eigenvalue weighted by Gasteiger charge is 2.01. The van der Waals surface area contributed by atoms with Crippen molar-refractivity contribution in [2.75, 3.05) is 5.32 Å². The molecule has 0 spiro atoms. The van der Waals surface area contributed by atoms with Gasteiger partial charge in [0.1, 0.15) is 0 Å². The maximum Gasteiger partial charge on any atom is 0.189 e. The van der Waals surface area contributed by atoms with Crippen molar-refractivity contribution in [1.82, 2.24) is 10.9 Å². The molecule has 0 aliphatic heterocycles. The molecule has 4 nitrogen and oxygen atoms in total. The largest absolute Gasteiger partial charge is 0.375 e. The number of rotatable bonds is 1. The fourth-order valence-corrected chi connectivity index (χ4v) is 1.37. The number of thiocarbonyl (C=S) groups is 2. The van der Waals surface area contributed by atoms with Crippen LogP contribution < -0.4 is 21.9 Å². The van der Waals surface area contributed by atoms with Gasteiger partial charge in [0, 0.05) is 5.69 Å². The number of nitrogens with one attached hydrogen (secondary N) is 3. The normalized spacial score (nSPS) is 9.38. The number of benzene rings is 1. The SMILES string of the molecule is NC(=S)NNC(=S)Nc1ccc(Cl)c(Cl)c1. The van der Waals surface area contributed by atoms with Crippen molar-refractivity contribution < 1.29 is 0 Å². The smallest absolute Gasteiger partial charge is 0.189 e. The molecule has 0 aromatic heterocycles. The third-order valence-electron chi connectivity index (χ3n) is 1.48. The van der Waals surface area contributed by atoms with Crippen molar-refractivity contribution >= 4 is 63.5 Å². The number of anilines is 1. The van der Waals surface area contributed by atoms with Crippen LogP contribution in [0.15, 0.2) is 18.2 Å². The van der Waals surface area contributed by atoms with E-state index < -0.39 is 0 Å².